The molecule has 2 amide bonds. The number of rotatable bonds is 5. The van der Waals surface area contributed by atoms with Crippen molar-refractivity contribution in [1.82, 2.24) is 14.8 Å². The van der Waals surface area contributed by atoms with E-state index in [9.17, 15) is 18.4 Å². The van der Waals surface area contributed by atoms with Crippen LogP contribution in [-0.2, 0) is 4.79 Å². The lowest BCUT2D eigenvalue weighted by molar-refractivity contribution is -0.135. The van der Waals surface area contributed by atoms with Crippen LogP contribution in [0.5, 0.6) is 5.88 Å². The van der Waals surface area contributed by atoms with E-state index in [2.05, 4.69) is 4.98 Å². The Morgan fingerprint density at radius 3 is 2.46 bits per heavy atom. The second-order valence-electron chi connectivity index (χ2n) is 6.66. The first-order valence-electron chi connectivity index (χ1n) is 9.00. The number of amides is 2. The van der Waals surface area contributed by atoms with Crippen molar-refractivity contribution < 1.29 is 23.1 Å². The first kappa shape index (κ1) is 18.5. The van der Waals surface area contributed by atoms with Gasteiger partial charge in [0.15, 0.2) is 6.61 Å². The van der Waals surface area contributed by atoms with Crippen LogP contribution in [0.4, 0.5) is 8.78 Å². The monoisotopic (exact) mass is 367 g/mol. The lowest BCUT2D eigenvalue weighted by Gasteiger charge is -2.33. The Balaban J connectivity index is 1.54. The average molecular weight is 367 g/mol. The molecular weight excluding hydrogens is 344 g/mol. The van der Waals surface area contributed by atoms with Crippen LogP contribution < -0.4 is 4.74 Å². The highest BCUT2D eigenvalue weighted by Crippen LogP contribution is 2.23. The molecule has 0 spiro atoms. The van der Waals surface area contributed by atoms with Gasteiger partial charge in [0, 0.05) is 38.2 Å². The summed E-state index contributed by atoms with van der Waals surface area (Å²) >= 11 is 0. The zero-order valence-corrected chi connectivity index (χ0v) is 14.6. The standard InChI is InChI=1S/C18H23F2N3O3/c19-15(20)12-26-16-5-3-4-14(21-16)18(25)23-10-6-13(7-11-23)17(24)22-8-1-2-9-22/h3-5,13,15H,1-2,6-12H2. The third-order valence-electron chi connectivity index (χ3n) is 4.85. The van der Waals surface area contributed by atoms with Crippen LogP contribution in [0.15, 0.2) is 18.2 Å². The number of ether oxygens (including phenoxy) is 1. The minimum absolute atomic E-state index is 0.00949. The van der Waals surface area contributed by atoms with Gasteiger partial charge in [0.1, 0.15) is 5.69 Å². The molecule has 0 aliphatic carbocycles. The van der Waals surface area contributed by atoms with Crippen LogP contribution in [0, 0.1) is 5.92 Å². The lowest BCUT2D eigenvalue weighted by atomic mass is 9.95. The molecule has 3 heterocycles. The van der Waals surface area contributed by atoms with Crippen molar-refractivity contribution in [3.8, 4) is 5.88 Å². The van der Waals surface area contributed by atoms with Crippen LogP contribution in [0.3, 0.4) is 0 Å². The van der Waals surface area contributed by atoms with E-state index >= 15 is 0 Å². The highest BCUT2D eigenvalue weighted by atomic mass is 19.3. The topological polar surface area (TPSA) is 62.7 Å². The minimum atomic E-state index is -2.59. The number of halogens is 2. The molecule has 142 valence electrons. The number of likely N-dealkylation sites (tertiary alicyclic amines) is 2. The number of carbonyl (C=O) groups excluding carboxylic acids is 2. The molecule has 2 aliphatic heterocycles. The molecule has 1 aromatic rings. The van der Waals surface area contributed by atoms with Crippen LogP contribution in [0.2, 0.25) is 0 Å². The maximum Gasteiger partial charge on any atom is 0.272 e. The van der Waals surface area contributed by atoms with E-state index in [1.807, 2.05) is 4.90 Å². The number of hydrogen-bond donors (Lipinski definition) is 0. The molecule has 8 heteroatoms. The van der Waals surface area contributed by atoms with Crippen LogP contribution in [-0.4, -0.2) is 65.8 Å². The second-order valence-corrected chi connectivity index (χ2v) is 6.66. The van der Waals surface area contributed by atoms with E-state index in [0.717, 1.165) is 25.9 Å². The number of pyridine rings is 1. The second kappa shape index (κ2) is 8.42. The molecule has 26 heavy (non-hydrogen) atoms. The molecular formula is C18H23F2N3O3. The normalized spacial score (nSPS) is 18.4. The minimum Gasteiger partial charge on any atom is -0.472 e. The van der Waals surface area contributed by atoms with E-state index in [1.54, 1.807) is 17.0 Å². The van der Waals surface area contributed by atoms with E-state index < -0.39 is 13.0 Å². The quantitative estimate of drug-likeness (QED) is 0.800. The zero-order chi connectivity index (χ0) is 18.5. The number of carbonyl (C=O) groups is 2. The van der Waals surface area contributed by atoms with Crippen LogP contribution in [0.1, 0.15) is 36.2 Å². The largest absolute Gasteiger partial charge is 0.472 e. The van der Waals surface area contributed by atoms with Gasteiger partial charge in [0.25, 0.3) is 12.3 Å². The van der Waals surface area contributed by atoms with Gasteiger partial charge in [-0.1, -0.05) is 6.07 Å². The summed E-state index contributed by atoms with van der Waals surface area (Å²) in [6, 6.07) is 4.55. The maximum absolute atomic E-state index is 12.6. The third-order valence-corrected chi connectivity index (χ3v) is 4.85. The van der Waals surface area contributed by atoms with Crippen molar-refractivity contribution >= 4 is 11.8 Å². The van der Waals surface area contributed by atoms with Crippen molar-refractivity contribution in [3.63, 3.8) is 0 Å². The number of alkyl halides is 2. The lowest BCUT2D eigenvalue weighted by Crippen LogP contribution is -2.44. The summed E-state index contributed by atoms with van der Waals surface area (Å²) in [6.45, 7) is 1.91. The molecule has 3 rings (SSSR count). The predicted octanol–water partition coefficient (Wildman–Crippen LogP) is 2.20. The van der Waals surface area contributed by atoms with Crippen molar-refractivity contribution in [2.75, 3.05) is 32.8 Å². The molecule has 1 aromatic heterocycles. The predicted molar refractivity (Wildman–Crippen MR) is 90.2 cm³/mol. The summed E-state index contributed by atoms with van der Waals surface area (Å²) in [5.74, 6) is -0.0734. The molecule has 2 fully saturated rings. The van der Waals surface area contributed by atoms with Gasteiger partial charge in [-0.15, -0.1) is 0 Å². The Kier molecular flexibility index (Phi) is 6.00. The highest BCUT2D eigenvalue weighted by Gasteiger charge is 2.31. The van der Waals surface area contributed by atoms with Gasteiger partial charge >= 0.3 is 0 Å². The first-order chi connectivity index (χ1) is 12.5. The maximum atomic E-state index is 12.6. The average Bonchev–Trinajstić information content (AvgIpc) is 3.20. The van der Waals surface area contributed by atoms with Crippen molar-refractivity contribution in [3.05, 3.63) is 23.9 Å². The van der Waals surface area contributed by atoms with Crippen molar-refractivity contribution in [1.29, 1.82) is 0 Å². The van der Waals surface area contributed by atoms with Gasteiger partial charge in [-0.2, -0.15) is 0 Å². The van der Waals surface area contributed by atoms with Crippen molar-refractivity contribution in [2.24, 2.45) is 5.92 Å². The van der Waals surface area contributed by atoms with Gasteiger partial charge in [-0.05, 0) is 31.7 Å². The molecule has 0 N–H and O–H groups in total. The Labute approximate surface area is 151 Å². The van der Waals surface area contributed by atoms with E-state index in [4.69, 9.17) is 4.74 Å². The molecule has 0 aromatic carbocycles. The Morgan fingerprint density at radius 1 is 1.12 bits per heavy atom. The molecule has 0 radical (unpaired) electrons. The fourth-order valence-electron chi connectivity index (χ4n) is 3.45. The van der Waals surface area contributed by atoms with Crippen LogP contribution >= 0.6 is 0 Å². The van der Waals surface area contributed by atoms with Gasteiger partial charge in [-0.3, -0.25) is 9.59 Å². The smallest absolute Gasteiger partial charge is 0.272 e. The fourth-order valence-corrected chi connectivity index (χ4v) is 3.45. The molecule has 0 bridgehead atoms. The molecule has 0 saturated carbocycles. The molecule has 6 nitrogen and oxygen atoms in total. The third kappa shape index (κ3) is 4.47. The Morgan fingerprint density at radius 2 is 1.81 bits per heavy atom. The summed E-state index contributed by atoms with van der Waals surface area (Å²) in [6.07, 6.45) is 0.825. The number of aromatic nitrogens is 1. The van der Waals surface area contributed by atoms with E-state index in [-0.39, 0.29) is 29.3 Å². The zero-order valence-electron chi connectivity index (χ0n) is 14.6. The SMILES string of the molecule is O=C(c1cccc(OCC(F)F)n1)N1CCC(C(=O)N2CCCC2)CC1. The van der Waals surface area contributed by atoms with Gasteiger partial charge < -0.3 is 14.5 Å². The van der Waals surface area contributed by atoms with Gasteiger partial charge in [0.05, 0.1) is 0 Å². The molecule has 0 unspecified atom stereocenters. The highest BCUT2D eigenvalue weighted by molar-refractivity contribution is 5.92. The number of nitrogens with zero attached hydrogens (tertiary/aromatic N) is 3. The van der Waals surface area contributed by atoms with E-state index in [0.29, 0.717) is 25.9 Å². The Bertz CT molecular complexity index is 642. The van der Waals surface area contributed by atoms with Gasteiger partial charge in [-0.25, -0.2) is 13.8 Å². The summed E-state index contributed by atoms with van der Waals surface area (Å²) in [5, 5.41) is 0. The molecule has 2 saturated heterocycles. The summed E-state index contributed by atoms with van der Waals surface area (Å²) in [4.78, 5) is 32.6. The molecule has 0 atom stereocenters. The summed E-state index contributed by atoms with van der Waals surface area (Å²) in [5.41, 5.74) is 0.168. The van der Waals surface area contributed by atoms with Gasteiger partial charge in [0.2, 0.25) is 11.8 Å². The Hall–Kier alpha value is -2.25. The summed E-state index contributed by atoms with van der Waals surface area (Å²) in [7, 11) is 0. The number of piperidine rings is 1. The molecule has 2 aliphatic rings. The van der Waals surface area contributed by atoms with E-state index in [1.165, 1.54) is 6.07 Å². The number of hydrogen-bond acceptors (Lipinski definition) is 4. The van der Waals surface area contributed by atoms with Crippen LogP contribution in [0.25, 0.3) is 0 Å². The first-order valence-corrected chi connectivity index (χ1v) is 9.00. The van der Waals surface area contributed by atoms with Crippen molar-refractivity contribution in [2.45, 2.75) is 32.1 Å². The fraction of sp³-hybridized carbons (Fsp3) is 0.611. The summed E-state index contributed by atoms with van der Waals surface area (Å²) < 4.78 is 29.3.